The number of para-hydroxylation sites is 1. The summed E-state index contributed by atoms with van der Waals surface area (Å²) >= 11 is 0. The number of rotatable bonds is 9. The molecule has 1 atom stereocenters. The van der Waals surface area contributed by atoms with Gasteiger partial charge in [0.1, 0.15) is 23.2 Å². The van der Waals surface area contributed by atoms with E-state index in [9.17, 15) is 24.3 Å². The molecule has 1 N–H and O–H groups in total. The number of aromatic nitrogens is 2. The smallest absolute Gasteiger partial charge is 0.421 e. The zero-order valence-corrected chi connectivity index (χ0v) is 22.5. The zero-order valence-electron chi connectivity index (χ0n) is 22.5. The van der Waals surface area contributed by atoms with E-state index in [1.165, 1.54) is 16.8 Å². The Balaban J connectivity index is 2.27. The first-order valence-electron chi connectivity index (χ1n) is 12.5. The molecule has 1 aliphatic heterocycles. The third-order valence-electron chi connectivity index (χ3n) is 6.34. The SMILES string of the molecule is C=CCN(C(=O)O)c1cnc2n(c1=O)[C@H](C(=O)N(C(=O)OC(C)(C)C)c1ccccc1)CC2(CC=C)CC=C. The maximum Gasteiger partial charge on any atom is 0.421 e. The molecule has 1 aliphatic rings. The van der Waals surface area contributed by atoms with E-state index in [-0.39, 0.29) is 30.2 Å². The minimum atomic E-state index is -1.38. The molecule has 0 spiro atoms. The average molecular weight is 535 g/mol. The molecular formula is C29H34N4O6. The van der Waals surface area contributed by atoms with Crippen LogP contribution in [0.1, 0.15) is 51.9 Å². The van der Waals surface area contributed by atoms with Gasteiger partial charge in [0, 0.05) is 12.0 Å². The standard InChI is InChI=1S/C29H34N4O6/c1-7-15-29(16-8-2)18-21(33-24(35)22(19-30-25(29)33)31(17-9-3)26(36)37)23(34)32(20-13-11-10-12-14-20)27(38)39-28(4,5)6/h7-14,19,21H,1-3,15-18H2,4-6H3,(H,36,37)/t21-/m0/s1. The van der Waals surface area contributed by atoms with Crippen LogP contribution in [0.25, 0.3) is 0 Å². The molecular weight excluding hydrogens is 500 g/mol. The van der Waals surface area contributed by atoms with Gasteiger partial charge in [0.25, 0.3) is 11.5 Å². The Labute approximate surface area is 227 Å². The Morgan fingerprint density at radius 3 is 2.26 bits per heavy atom. The van der Waals surface area contributed by atoms with Crippen molar-refractivity contribution in [3.63, 3.8) is 0 Å². The molecule has 2 aromatic rings. The molecule has 3 rings (SSSR count). The summed E-state index contributed by atoms with van der Waals surface area (Å²) in [6, 6.07) is 7.08. The number of hydrogen-bond donors (Lipinski definition) is 1. The fourth-order valence-electron chi connectivity index (χ4n) is 4.83. The largest absolute Gasteiger partial charge is 0.465 e. The highest BCUT2D eigenvalue weighted by Gasteiger charge is 2.50. The van der Waals surface area contributed by atoms with Gasteiger partial charge in [0.05, 0.1) is 11.9 Å². The normalized spacial score (nSPS) is 15.5. The predicted octanol–water partition coefficient (Wildman–Crippen LogP) is 5.22. The first-order valence-corrected chi connectivity index (χ1v) is 12.5. The van der Waals surface area contributed by atoms with Crippen LogP contribution < -0.4 is 15.4 Å². The number of hydrogen-bond acceptors (Lipinski definition) is 6. The van der Waals surface area contributed by atoms with Crippen molar-refractivity contribution < 1.29 is 24.2 Å². The number of carboxylic acid groups (broad SMARTS) is 1. The zero-order chi connectivity index (χ0) is 29.0. The minimum absolute atomic E-state index is 0.107. The average Bonchev–Trinajstić information content (AvgIpc) is 3.18. The number of anilines is 2. The molecule has 1 aromatic carbocycles. The van der Waals surface area contributed by atoms with Crippen molar-refractivity contribution in [1.29, 1.82) is 0 Å². The van der Waals surface area contributed by atoms with Crippen LogP contribution in [0, 0.1) is 0 Å². The molecule has 0 saturated heterocycles. The summed E-state index contributed by atoms with van der Waals surface area (Å²) < 4.78 is 6.76. The topological polar surface area (TPSA) is 122 Å². The summed E-state index contributed by atoms with van der Waals surface area (Å²) in [5.74, 6) is -0.422. The van der Waals surface area contributed by atoms with E-state index in [0.29, 0.717) is 12.8 Å². The second-order valence-corrected chi connectivity index (χ2v) is 10.3. The molecule has 10 heteroatoms. The van der Waals surface area contributed by atoms with Crippen molar-refractivity contribution in [2.24, 2.45) is 0 Å². The van der Waals surface area contributed by atoms with E-state index in [0.717, 1.165) is 9.80 Å². The van der Waals surface area contributed by atoms with Crippen molar-refractivity contribution in [2.75, 3.05) is 16.3 Å². The molecule has 39 heavy (non-hydrogen) atoms. The van der Waals surface area contributed by atoms with Gasteiger partial charge in [0.15, 0.2) is 0 Å². The molecule has 0 aliphatic carbocycles. The van der Waals surface area contributed by atoms with Gasteiger partial charge in [0.2, 0.25) is 0 Å². The molecule has 0 bridgehead atoms. The van der Waals surface area contributed by atoms with Crippen LogP contribution in [0.5, 0.6) is 0 Å². The van der Waals surface area contributed by atoms with Crippen LogP contribution in [-0.4, -0.2) is 44.9 Å². The lowest BCUT2D eigenvalue weighted by atomic mass is 9.77. The number of benzene rings is 1. The number of amides is 3. The molecule has 206 valence electrons. The van der Waals surface area contributed by atoms with Gasteiger partial charge in [-0.3, -0.25) is 19.1 Å². The fraction of sp³-hybridized carbons (Fsp3) is 0.345. The summed E-state index contributed by atoms with van der Waals surface area (Å²) in [5.41, 5.74) is -2.43. The molecule has 10 nitrogen and oxygen atoms in total. The van der Waals surface area contributed by atoms with Gasteiger partial charge in [-0.15, -0.1) is 19.7 Å². The van der Waals surface area contributed by atoms with Gasteiger partial charge in [-0.05, 0) is 52.2 Å². The van der Waals surface area contributed by atoms with E-state index in [1.807, 2.05) is 0 Å². The van der Waals surface area contributed by atoms with Crippen LogP contribution in [0.15, 0.2) is 79.3 Å². The summed E-state index contributed by atoms with van der Waals surface area (Å²) in [6.07, 6.45) is 4.44. The Bertz CT molecular complexity index is 1330. The highest BCUT2D eigenvalue weighted by atomic mass is 16.6. The van der Waals surface area contributed by atoms with E-state index in [2.05, 4.69) is 24.7 Å². The predicted molar refractivity (Wildman–Crippen MR) is 149 cm³/mol. The number of carbonyl (C=O) groups is 3. The quantitative estimate of drug-likeness (QED) is 0.438. The molecule has 2 heterocycles. The highest BCUT2D eigenvalue weighted by molar-refractivity contribution is 6.14. The molecule has 3 amide bonds. The van der Waals surface area contributed by atoms with Crippen molar-refractivity contribution in [3.05, 3.63) is 90.7 Å². The van der Waals surface area contributed by atoms with Crippen molar-refractivity contribution in [2.45, 2.75) is 57.1 Å². The van der Waals surface area contributed by atoms with Gasteiger partial charge in [-0.2, -0.15) is 0 Å². The maximum absolute atomic E-state index is 14.3. The Hall–Kier alpha value is -4.47. The summed E-state index contributed by atoms with van der Waals surface area (Å²) in [4.78, 5) is 59.7. The lowest BCUT2D eigenvalue weighted by Crippen LogP contribution is -2.46. The van der Waals surface area contributed by atoms with Gasteiger partial charge in [-0.25, -0.2) is 19.5 Å². The number of imide groups is 1. The number of ether oxygens (including phenoxy) is 1. The van der Waals surface area contributed by atoms with Crippen LogP contribution >= 0.6 is 0 Å². The molecule has 1 aromatic heterocycles. The Morgan fingerprint density at radius 2 is 1.74 bits per heavy atom. The van der Waals surface area contributed by atoms with Crippen LogP contribution in [0.3, 0.4) is 0 Å². The van der Waals surface area contributed by atoms with Crippen LogP contribution in [0.4, 0.5) is 21.0 Å². The third kappa shape index (κ3) is 5.84. The molecule has 0 unspecified atom stereocenters. The minimum Gasteiger partial charge on any atom is -0.465 e. The van der Waals surface area contributed by atoms with Crippen molar-refractivity contribution in [1.82, 2.24) is 9.55 Å². The molecule has 0 radical (unpaired) electrons. The Kier molecular flexibility index (Phi) is 8.58. The van der Waals surface area contributed by atoms with Gasteiger partial charge >= 0.3 is 12.2 Å². The number of allylic oxidation sites excluding steroid dienone is 2. The number of carbonyl (C=O) groups excluding carboxylic acids is 2. The summed E-state index contributed by atoms with van der Waals surface area (Å²) in [6.45, 7) is 16.1. The molecule has 0 fully saturated rings. The number of fused-ring (bicyclic) bond motifs is 1. The lowest BCUT2D eigenvalue weighted by molar-refractivity contribution is -0.121. The van der Waals surface area contributed by atoms with Gasteiger partial charge < -0.3 is 9.84 Å². The second-order valence-electron chi connectivity index (χ2n) is 10.3. The fourth-order valence-corrected chi connectivity index (χ4v) is 4.83. The van der Waals surface area contributed by atoms with Gasteiger partial charge in [-0.1, -0.05) is 36.4 Å². The highest BCUT2D eigenvalue weighted by Crippen LogP contribution is 2.46. The monoisotopic (exact) mass is 534 g/mol. The first kappa shape index (κ1) is 29.1. The van der Waals surface area contributed by atoms with E-state index in [4.69, 9.17) is 4.74 Å². The second kappa shape index (κ2) is 11.5. The summed E-state index contributed by atoms with van der Waals surface area (Å²) in [7, 11) is 0. The number of nitrogens with zero attached hydrogens (tertiary/aromatic N) is 4. The summed E-state index contributed by atoms with van der Waals surface area (Å²) in [5, 5.41) is 9.73. The third-order valence-corrected chi connectivity index (χ3v) is 6.34. The first-order chi connectivity index (χ1) is 18.4. The Morgan fingerprint density at radius 1 is 1.13 bits per heavy atom. The van der Waals surface area contributed by atoms with E-state index in [1.54, 1.807) is 63.3 Å². The molecule has 0 saturated carbocycles. The van der Waals surface area contributed by atoms with E-state index >= 15 is 0 Å². The van der Waals surface area contributed by atoms with Crippen molar-refractivity contribution in [3.8, 4) is 0 Å². The van der Waals surface area contributed by atoms with Crippen LogP contribution in [0.2, 0.25) is 0 Å². The van der Waals surface area contributed by atoms with E-state index < -0.39 is 40.7 Å². The lowest BCUT2D eigenvalue weighted by Gasteiger charge is -2.29. The maximum atomic E-state index is 14.3. The van der Waals surface area contributed by atoms with Crippen LogP contribution in [-0.2, 0) is 14.9 Å². The van der Waals surface area contributed by atoms with Crippen molar-refractivity contribution >= 4 is 29.5 Å².